The number of nitrogens with zero attached hydrogens (tertiary/aromatic N) is 2. The largest absolute Gasteiger partial charge is 0.360 e. The minimum atomic E-state index is 0.0484. The SMILES string of the molecule is CCCC(=O)N1CCCN(C(=O)c2c[nH]c3ccccc23)CC1. The van der Waals surface area contributed by atoms with E-state index in [-0.39, 0.29) is 11.8 Å². The lowest BCUT2D eigenvalue weighted by molar-refractivity contribution is -0.131. The van der Waals surface area contributed by atoms with Crippen molar-refractivity contribution in [1.82, 2.24) is 14.8 Å². The highest BCUT2D eigenvalue weighted by molar-refractivity contribution is 6.06. The van der Waals surface area contributed by atoms with Gasteiger partial charge in [0.2, 0.25) is 5.91 Å². The number of H-pyrrole nitrogens is 1. The molecule has 0 atom stereocenters. The van der Waals surface area contributed by atoms with Gasteiger partial charge in [0, 0.05) is 49.7 Å². The van der Waals surface area contributed by atoms with Crippen LogP contribution in [0.25, 0.3) is 10.9 Å². The van der Waals surface area contributed by atoms with Crippen LogP contribution in [0.15, 0.2) is 30.5 Å². The number of aromatic amines is 1. The van der Waals surface area contributed by atoms with Crippen molar-refractivity contribution < 1.29 is 9.59 Å². The third-order valence-corrected chi connectivity index (χ3v) is 4.42. The monoisotopic (exact) mass is 313 g/mol. The van der Waals surface area contributed by atoms with Gasteiger partial charge in [0.1, 0.15) is 0 Å². The number of hydrogen-bond acceptors (Lipinski definition) is 2. The minimum Gasteiger partial charge on any atom is -0.360 e. The highest BCUT2D eigenvalue weighted by atomic mass is 16.2. The Morgan fingerprint density at radius 3 is 2.65 bits per heavy atom. The van der Waals surface area contributed by atoms with E-state index in [1.807, 2.05) is 41.0 Å². The normalized spacial score (nSPS) is 15.7. The summed E-state index contributed by atoms with van der Waals surface area (Å²) in [5, 5.41) is 0.959. The van der Waals surface area contributed by atoms with Crippen LogP contribution < -0.4 is 0 Å². The van der Waals surface area contributed by atoms with Crippen LogP contribution in [0.1, 0.15) is 36.5 Å². The van der Waals surface area contributed by atoms with Crippen molar-refractivity contribution in [3.8, 4) is 0 Å². The summed E-state index contributed by atoms with van der Waals surface area (Å²) in [6.45, 7) is 4.70. The summed E-state index contributed by atoms with van der Waals surface area (Å²) in [5.41, 5.74) is 1.69. The van der Waals surface area contributed by atoms with E-state index >= 15 is 0 Å². The summed E-state index contributed by atoms with van der Waals surface area (Å²) in [6.07, 6.45) is 4.09. The molecule has 1 aliphatic heterocycles. The van der Waals surface area contributed by atoms with Gasteiger partial charge in [0.05, 0.1) is 5.56 Å². The average Bonchev–Trinajstić information content (AvgIpc) is 2.83. The van der Waals surface area contributed by atoms with Crippen molar-refractivity contribution in [2.45, 2.75) is 26.2 Å². The van der Waals surface area contributed by atoms with Crippen LogP contribution in [0.5, 0.6) is 0 Å². The van der Waals surface area contributed by atoms with Crippen molar-refractivity contribution in [3.63, 3.8) is 0 Å². The molecular weight excluding hydrogens is 290 g/mol. The Hall–Kier alpha value is -2.30. The lowest BCUT2D eigenvalue weighted by Gasteiger charge is -2.22. The smallest absolute Gasteiger partial charge is 0.256 e. The Kier molecular flexibility index (Phi) is 4.65. The molecule has 1 aromatic carbocycles. The second-order valence-corrected chi connectivity index (χ2v) is 6.02. The van der Waals surface area contributed by atoms with Gasteiger partial charge in [-0.05, 0) is 18.9 Å². The fourth-order valence-corrected chi connectivity index (χ4v) is 3.16. The summed E-state index contributed by atoms with van der Waals surface area (Å²) in [5.74, 6) is 0.251. The fourth-order valence-electron chi connectivity index (χ4n) is 3.16. The minimum absolute atomic E-state index is 0.0484. The first-order chi connectivity index (χ1) is 11.2. The van der Waals surface area contributed by atoms with Crippen LogP contribution in [0.3, 0.4) is 0 Å². The molecule has 122 valence electrons. The van der Waals surface area contributed by atoms with Crippen LogP contribution in [0.4, 0.5) is 0 Å². The Balaban J connectivity index is 1.72. The zero-order chi connectivity index (χ0) is 16.2. The van der Waals surface area contributed by atoms with E-state index in [0.717, 1.165) is 30.3 Å². The molecule has 5 heteroatoms. The summed E-state index contributed by atoms with van der Waals surface area (Å²) in [7, 11) is 0. The van der Waals surface area contributed by atoms with Gasteiger partial charge >= 0.3 is 0 Å². The molecule has 1 saturated heterocycles. The van der Waals surface area contributed by atoms with Gasteiger partial charge in [-0.2, -0.15) is 0 Å². The average molecular weight is 313 g/mol. The Morgan fingerprint density at radius 1 is 1.09 bits per heavy atom. The van der Waals surface area contributed by atoms with Crippen LogP contribution in [-0.2, 0) is 4.79 Å². The summed E-state index contributed by atoms with van der Waals surface area (Å²) in [6, 6.07) is 7.84. The summed E-state index contributed by atoms with van der Waals surface area (Å²) >= 11 is 0. The summed E-state index contributed by atoms with van der Waals surface area (Å²) in [4.78, 5) is 31.8. The number of rotatable bonds is 3. The maximum absolute atomic E-state index is 12.8. The molecule has 1 aromatic heterocycles. The van der Waals surface area contributed by atoms with Crippen LogP contribution in [0.2, 0.25) is 0 Å². The van der Waals surface area contributed by atoms with E-state index in [4.69, 9.17) is 0 Å². The van der Waals surface area contributed by atoms with Gasteiger partial charge in [-0.25, -0.2) is 0 Å². The molecule has 1 fully saturated rings. The molecule has 0 spiro atoms. The molecule has 1 N–H and O–H groups in total. The number of para-hydroxylation sites is 1. The molecule has 2 aromatic rings. The van der Waals surface area contributed by atoms with Crippen LogP contribution >= 0.6 is 0 Å². The number of carbonyl (C=O) groups excluding carboxylic acids is 2. The zero-order valence-corrected chi connectivity index (χ0v) is 13.5. The molecule has 3 rings (SSSR count). The van der Waals surface area contributed by atoms with Gasteiger partial charge in [-0.15, -0.1) is 0 Å². The number of benzene rings is 1. The second-order valence-electron chi connectivity index (χ2n) is 6.02. The molecule has 0 unspecified atom stereocenters. The zero-order valence-electron chi connectivity index (χ0n) is 13.5. The molecular formula is C18H23N3O2. The standard InChI is InChI=1S/C18H23N3O2/c1-2-6-17(22)20-9-5-10-21(12-11-20)18(23)15-13-19-16-8-4-3-7-14(15)16/h3-4,7-8,13,19H,2,5-6,9-12H2,1H3. The highest BCUT2D eigenvalue weighted by Crippen LogP contribution is 2.20. The Labute approximate surface area is 136 Å². The predicted octanol–water partition coefficient (Wildman–Crippen LogP) is 2.64. The molecule has 1 aliphatic rings. The number of nitrogens with one attached hydrogen (secondary N) is 1. The third kappa shape index (κ3) is 3.23. The molecule has 5 nitrogen and oxygen atoms in total. The van der Waals surface area contributed by atoms with Crippen molar-refractivity contribution >= 4 is 22.7 Å². The molecule has 0 radical (unpaired) electrons. The predicted molar refractivity (Wildman–Crippen MR) is 90.3 cm³/mol. The van der Waals surface area contributed by atoms with Gasteiger partial charge in [-0.3, -0.25) is 9.59 Å². The van der Waals surface area contributed by atoms with Gasteiger partial charge in [-0.1, -0.05) is 25.1 Å². The number of aromatic nitrogens is 1. The van der Waals surface area contributed by atoms with Crippen molar-refractivity contribution in [3.05, 3.63) is 36.0 Å². The van der Waals surface area contributed by atoms with E-state index in [1.165, 1.54) is 0 Å². The second kappa shape index (κ2) is 6.86. The van der Waals surface area contributed by atoms with Gasteiger partial charge in [0.25, 0.3) is 5.91 Å². The topological polar surface area (TPSA) is 56.4 Å². The first-order valence-electron chi connectivity index (χ1n) is 8.34. The van der Waals surface area contributed by atoms with Gasteiger partial charge in [0.15, 0.2) is 0 Å². The first-order valence-corrected chi connectivity index (χ1v) is 8.34. The number of fused-ring (bicyclic) bond motifs is 1. The lowest BCUT2D eigenvalue weighted by atomic mass is 10.1. The maximum atomic E-state index is 12.8. The molecule has 0 saturated carbocycles. The molecule has 0 bridgehead atoms. The van der Waals surface area contributed by atoms with Crippen molar-refractivity contribution in [2.75, 3.05) is 26.2 Å². The van der Waals surface area contributed by atoms with Crippen LogP contribution in [-0.4, -0.2) is 52.8 Å². The van der Waals surface area contributed by atoms with E-state index in [9.17, 15) is 9.59 Å². The Bertz CT molecular complexity index is 707. The first kappa shape index (κ1) is 15.6. The maximum Gasteiger partial charge on any atom is 0.256 e. The van der Waals surface area contributed by atoms with Crippen molar-refractivity contribution in [2.24, 2.45) is 0 Å². The lowest BCUT2D eigenvalue weighted by Crippen LogP contribution is -2.37. The van der Waals surface area contributed by atoms with E-state index in [2.05, 4.69) is 4.98 Å². The van der Waals surface area contributed by atoms with E-state index in [1.54, 1.807) is 6.20 Å². The van der Waals surface area contributed by atoms with Crippen molar-refractivity contribution in [1.29, 1.82) is 0 Å². The van der Waals surface area contributed by atoms with E-state index < -0.39 is 0 Å². The number of amides is 2. The molecule has 2 amide bonds. The quantitative estimate of drug-likeness (QED) is 0.947. The molecule has 0 aliphatic carbocycles. The number of hydrogen-bond donors (Lipinski definition) is 1. The number of carbonyl (C=O) groups is 2. The fraction of sp³-hybridized carbons (Fsp3) is 0.444. The Morgan fingerprint density at radius 2 is 1.83 bits per heavy atom. The summed E-state index contributed by atoms with van der Waals surface area (Å²) < 4.78 is 0. The molecule has 2 heterocycles. The van der Waals surface area contributed by atoms with Gasteiger partial charge < -0.3 is 14.8 Å². The highest BCUT2D eigenvalue weighted by Gasteiger charge is 2.23. The van der Waals surface area contributed by atoms with E-state index in [0.29, 0.717) is 31.6 Å². The third-order valence-electron chi connectivity index (χ3n) is 4.42. The van der Waals surface area contributed by atoms with Crippen LogP contribution in [0, 0.1) is 0 Å². The molecule has 23 heavy (non-hydrogen) atoms.